The van der Waals surface area contributed by atoms with Crippen LogP contribution in [0.2, 0.25) is 0 Å². The van der Waals surface area contributed by atoms with Crippen LogP contribution in [0.1, 0.15) is 24.1 Å². The van der Waals surface area contributed by atoms with Crippen LogP contribution in [-0.4, -0.2) is 47.8 Å². The maximum atomic E-state index is 6.18. The Morgan fingerprint density at radius 3 is 2.80 bits per heavy atom. The van der Waals surface area contributed by atoms with Gasteiger partial charge < -0.3 is 9.47 Å². The van der Waals surface area contributed by atoms with E-state index in [1.165, 1.54) is 5.56 Å². The summed E-state index contributed by atoms with van der Waals surface area (Å²) in [6.45, 7) is 3.61. The molecule has 3 heterocycles. The average molecular weight is 338 g/mol. The van der Waals surface area contributed by atoms with Gasteiger partial charge in [-0.2, -0.15) is 0 Å². The minimum absolute atomic E-state index is 0.183. The van der Waals surface area contributed by atoms with Crippen molar-refractivity contribution >= 4 is 0 Å². The van der Waals surface area contributed by atoms with Crippen LogP contribution < -0.4 is 0 Å². The Labute approximate surface area is 149 Å². The molecule has 2 saturated heterocycles. The van der Waals surface area contributed by atoms with Crippen molar-refractivity contribution in [1.82, 2.24) is 9.88 Å². The molecule has 3 atom stereocenters. The van der Waals surface area contributed by atoms with E-state index < -0.39 is 0 Å². The fraction of sp³-hybridized carbons (Fsp3) is 0.476. The van der Waals surface area contributed by atoms with E-state index in [2.05, 4.69) is 40.2 Å². The second kappa shape index (κ2) is 8.09. The highest BCUT2D eigenvalue weighted by molar-refractivity contribution is 5.15. The van der Waals surface area contributed by atoms with Crippen LogP contribution in [0.4, 0.5) is 0 Å². The lowest BCUT2D eigenvalue weighted by atomic mass is 9.95. The van der Waals surface area contributed by atoms with Crippen LogP contribution >= 0.6 is 0 Å². The largest absolute Gasteiger partial charge is 0.374 e. The van der Waals surface area contributed by atoms with E-state index in [9.17, 15) is 0 Å². The first-order valence-electron chi connectivity index (χ1n) is 9.31. The van der Waals surface area contributed by atoms with Crippen LogP contribution in [0, 0.1) is 0 Å². The third-order valence-electron chi connectivity index (χ3n) is 5.34. The van der Waals surface area contributed by atoms with Gasteiger partial charge in [-0.3, -0.25) is 9.88 Å². The first-order valence-corrected chi connectivity index (χ1v) is 9.31. The highest BCUT2D eigenvalue weighted by atomic mass is 16.5. The van der Waals surface area contributed by atoms with Gasteiger partial charge in [-0.25, -0.2) is 0 Å². The van der Waals surface area contributed by atoms with E-state index in [4.69, 9.17) is 9.47 Å². The molecule has 4 rings (SSSR count). The molecule has 0 radical (unpaired) electrons. The van der Waals surface area contributed by atoms with Crippen LogP contribution in [0.3, 0.4) is 0 Å². The lowest BCUT2D eigenvalue weighted by molar-refractivity contribution is -0.104. The first-order chi connectivity index (χ1) is 12.4. The Morgan fingerprint density at radius 2 is 1.96 bits per heavy atom. The van der Waals surface area contributed by atoms with E-state index in [1.807, 2.05) is 24.4 Å². The van der Waals surface area contributed by atoms with Crippen LogP contribution in [-0.2, 0) is 22.5 Å². The third kappa shape index (κ3) is 4.09. The number of likely N-dealkylation sites (tertiary alicyclic amines) is 1. The molecule has 4 heteroatoms. The zero-order chi connectivity index (χ0) is 16.9. The molecule has 132 valence electrons. The predicted octanol–water partition coefficient (Wildman–Crippen LogP) is 3.07. The molecule has 0 N–H and O–H groups in total. The number of rotatable bonds is 6. The van der Waals surface area contributed by atoms with Gasteiger partial charge in [0.25, 0.3) is 0 Å². The number of hydrogen-bond acceptors (Lipinski definition) is 4. The van der Waals surface area contributed by atoms with E-state index in [0.29, 0.717) is 12.6 Å². The van der Waals surface area contributed by atoms with Gasteiger partial charge in [-0.1, -0.05) is 36.4 Å². The Bertz CT molecular complexity index is 592. The normalized spacial score (nSPS) is 26.5. The average Bonchev–Trinajstić information content (AvgIpc) is 3.17. The highest BCUT2D eigenvalue weighted by Gasteiger charge is 2.42. The molecule has 0 bridgehead atoms. The van der Waals surface area contributed by atoms with Crippen molar-refractivity contribution in [3.05, 3.63) is 66.0 Å². The molecule has 1 aromatic carbocycles. The van der Waals surface area contributed by atoms with E-state index >= 15 is 0 Å². The van der Waals surface area contributed by atoms with E-state index in [1.54, 1.807) is 0 Å². The molecular weight excluding hydrogens is 312 g/mol. The molecule has 25 heavy (non-hydrogen) atoms. The number of piperidine rings is 1. The van der Waals surface area contributed by atoms with Gasteiger partial charge in [-0.05, 0) is 37.0 Å². The van der Waals surface area contributed by atoms with Crippen molar-refractivity contribution in [2.45, 2.75) is 44.1 Å². The minimum Gasteiger partial charge on any atom is -0.374 e. The van der Waals surface area contributed by atoms with Gasteiger partial charge in [0.1, 0.15) is 0 Å². The molecule has 0 saturated carbocycles. The van der Waals surface area contributed by atoms with Gasteiger partial charge >= 0.3 is 0 Å². The summed E-state index contributed by atoms with van der Waals surface area (Å²) < 4.78 is 12.2. The smallest absolute Gasteiger partial charge is 0.0992 e. The Hall–Kier alpha value is -1.75. The molecular formula is C21H26N2O2. The quantitative estimate of drug-likeness (QED) is 0.811. The van der Waals surface area contributed by atoms with E-state index in [-0.39, 0.29) is 12.2 Å². The SMILES string of the molecule is c1ccc(CCN2CC[C@@H](OCc3ccccn3)[C@H]3OCC[C@@H]32)cc1. The number of fused-ring (bicyclic) bond motifs is 1. The third-order valence-corrected chi connectivity index (χ3v) is 5.34. The highest BCUT2D eigenvalue weighted by Crippen LogP contribution is 2.30. The Morgan fingerprint density at radius 1 is 1.08 bits per heavy atom. The van der Waals surface area contributed by atoms with Crippen LogP contribution in [0.25, 0.3) is 0 Å². The monoisotopic (exact) mass is 338 g/mol. The van der Waals surface area contributed by atoms with Gasteiger partial charge in [0.15, 0.2) is 0 Å². The zero-order valence-corrected chi connectivity index (χ0v) is 14.6. The van der Waals surface area contributed by atoms with Crippen molar-refractivity contribution in [2.24, 2.45) is 0 Å². The molecule has 1 aromatic heterocycles. The molecule has 2 aliphatic heterocycles. The molecule has 0 amide bonds. The summed E-state index contributed by atoms with van der Waals surface area (Å²) in [5.41, 5.74) is 2.40. The van der Waals surface area contributed by atoms with Gasteiger partial charge in [0.05, 0.1) is 24.5 Å². The maximum Gasteiger partial charge on any atom is 0.0992 e. The topological polar surface area (TPSA) is 34.6 Å². The van der Waals surface area contributed by atoms with E-state index in [0.717, 1.165) is 44.7 Å². The first kappa shape index (κ1) is 16.7. The molecule has 0 aliphatic carbocycles. The lowest BCUT2D eigenvalue weighted by Crippen LogP contribution is -2.53. The van der Waals surface area contributed by atoms with Crippen molar-refractivity contribution in [3.8, 4) is 0 Å². The second-order valence-corrected chi connectivity index (χ2v) is 6.92. The molecule has 2 aromatic rings. The molecule has 4 nitrogen and oxygen atoms in total. The number of aromatic nitrogens is 1. The van der Waals surface area contributed by atoms with Gasteiger partial charge in [0.2, 0.25) is 0 Å². The fourth-order valence-electron chi connectivity index (χ4n) is 4.02. The number of ether oxygens (including phenoxy) is 2. The summed E-state index contributed by atoms with van der Waals surface area (Å²) in [6.07, 6.45) is 5.45. The number of benzene rings is 1. The van der Waals surface area contributed by atoms with Crippen molar-refractivity contribution in [2.75, 3.05) is 19.7 Å². The standard InChI is InChI=1S/C21H26N2O2/c1-2-6-17(7-3-1)9-13-23-14-10-20(21-19(23)11-15-24-21)25-16-18-8-4-5-12-22-18/h1-8,12,19-21H,9-11,13-16H2/t19-,20+,21-/m0/s1. The minimum atomic E-state index is 0.183. The predicted molar refractivity (Wildman–Crippen MR) is 97.3 cm³/mol. The number of hydrogen-bond donors (Lipinski definition) is 0. The zero-order valence-electron chi connectivity index (χ0n) is 14.6. The summed E-state index contributed by atoms with van der Waals surface area (Å²) >= 11 is 0. The number of pyridine rings is 1. The van der Waals surface area contributed by atoms with Crippen molar-refractivity contribution in [1.29, 1.82) is 0 Å². The molecule has 0 spiro atoms. The Balaban J connectivity index is 1.33. The summed E-state index contributed by atoms with van der Waals surface area (Å²) in [4.78, 5) is 6.95. The fourth-order valence-corrected chi connectivity index (χ4v) is 4.02. The number of nitrogens with zero attached hydrogens (tertiary/aromatic N) is 2. The van der Waals surface area contributed by atoms with Gasteiger partial charge in [0, 0.05) is 31.9 Å². The summed E-state index contributed by atoms with van der Waals surface area (Å²) in [7, 11) is 0. The molecule has 0 unspecified atom stereocenters. The van der Waals surface area contributed by atoms with Crippen LogP contribution in [0.15, 0.2) is 54.7 Å². The summed E-state index contributed by atoms with van der Waals surface area (Å²) in [6, 6.07) is 17.2. The van der Waals surface area contributed by atoms with Crippen molar-refractivity contribution in [3.63, 3.8) is 0 Å². The lowest BCUT2D eigenvalue weighted by Gasteiger charge is -2.41. The Kier molecular flexibility index (Phi) is 5.40. The second-order valence-electron chi connectivity index (χ2n) is 6.92. The van der Waals surface area contributed by atoms with Crippen LogP contribution in [0.5, 0.6) is 0 Å². The summed E-state index contributed by atoms with van der Waals surface area (Å²) in [5.74, 6) is 0. The van der Waals surface area contributed by atoms with Gasteiger partial charge in [-0.15, -0.1) is 0 Å². The van der Waals surface area contributed by atoms with Crippen molar-refractivity contribution < 1.29 is 9.47 Å². The summed E-state index contributed by atoms with van der Waals surface area (Å²) in [5, 5.41) is 0. The molecule has 2 fully saturated rings. The molecule has 2 aliphatic rings. The maximum absolute atomic E-state index is 6.18.